The molecule has 0 radical (unpaired) electrons. The number of alkyl halides is 2. The predicted molar refractivity (Wildman–Crippen MR) is 102 cm³/mol. The zero-order valence-electron chi connectivity index (χ0n) is 18.4. The minimum absolute atomic E-state index is 0.0423. The number of ether oxygens (including phenoxy) is 6. The van der Waals surface area contributed by atoms with Gasteiger partial charge in [-0.15, -0.1) is 0 Å². The highest BCUT2D eigenvalue weighted by atomic mass is 31.2. The smallest absolute Gasteiger partial charge is 0.434 e. The Morgan fingerprint density at radius 1 is 0.742 bits per heavy atom. The van der Waals surface area contributed by atoms with Gasteiger partial charge in [-0.25, -0.2) is 9.59 Å². The van der Waals surface area contributed by atoms with E-state index < -0.39 is 44.6 Å². The lowest BCUT2D eigenvalue weighted by Crippen LogP contribution is -2.36. The molecule has 11 nitrogen and oxygen atoms in total. The molecule has 0 heterocycles. The second kappa shape index (κ2) is 14.5. The van der Waals surface area contributed by atoms with Crippen molar-refractivity contribution in [3.8, 4) is 0 Å². The monoisotopic (exact) mass is 480 g/mol. The molecule has 0 unspecified atom stereocenters. The predicted octanol–water partition coefficient (Wildman–Crippen LogP) is 4.15. The molecule has 0 fully saturated rings. The van der Waals surface area contributed by atoms with Crippen LogP contribution in [0.4, 0.5) is 18.4 Å². The standard InChI is InChI=1S/C17H31F2O11P/c1-16(2,3)17(18,19)31(22,29-12-27-14(20)25-10-6-8-23-4)30-13-28-15(21)26-11-7-9-24-5/h6-13H2,1-5H3. The summed E-state index contributed by atoms with van der Waals surface area (Å²) in [5.41, 5.74) is -5.90. The fourth-order valence-electron chi connectivity index (χ4n) is 1.70. The van der Waals surface area contributed by atoms with Crippen LogP contribution < -0.4 is 0 Å². The van der Waals surface area contributed by atoms with Gasteiger partial charge in [0.1, 0.15) is 0 Å². The maximum atomic E-state index is 14.7. The van der Waals surface area contributed by atoms with E-state index in [4.69, 9.17) is 9.47 Å². The van der Waals surface area contributed by atoms with Crippen LogP contribution in [0.2, 0.25) is 0 Å². The summed E-state index contributed by atoms with van der Waals surface area (Å²) in [4.78, 5) is 22.8. The normalized spacial score (nSPS) is 12.4. The Labute approximate surface area is 180 Å². The van der Waals surface area contributed by atoms with Crippen molar-refractivity contribution in [1.82, 2.24) is 0 Å². The molecule has 0 N–H and O–H groups in total. The van der Waals surface area contributed by atoms with Crippen molar-refractivity contribution in [3.63, 3.8) is 0 Å². The van der Waals surface area contributed by atoms with E-state index in [1.165, 1.54) is 14.2 Å². The van der Waals surface area contributed by atoms with E-state index in [0.29, 0.717) is 26.1 Å². The number of hydrogen-bond donors (Lipinski definition) is 0. The van der Waals surface area contributed by atoms with Crippen LogP contribution in [0.5, 0.6) is 0 Å². The molecule has 0 aromatic carbocycles. The van der Waals surface area contributed by atoms with Gasteiger partial charge >= 0.3 is 25.6 Å². The Hall–Kier alpha value is -1.53. The van der Waals surface area contributed by atoms with Crippen molar-refractivity contribution in [2.24, 2.45) is 5.41 Å². The number of carbonyl (C=O) groups excluding carboxylic acids is 2. The topological polar surface area (TPSA) is 125 Å². The van der Waals surface area contributed by atoms with Crippen LogP contribution in [0.15, 0.2) is 0 Å². The van der Waals surface area contributed by atoms with Crippen LogP contribution in [0.25, 0.3) is 0 Å². The summed E-state index contributed by atoms with van der Waals surface area (Å²) in [6.45, 7) is 1.59. The van der Waals surface area contributed by atoms with Gasteiger partial charge in [-0.3, -0.25) is 13.6 Å². The van der Waals surface area contributed by atoms with E-state index in [9.17, 15) is 22.9 Å². The maximum Gasteiger partial charge on any atom is 0.510 e. The Bertz CT molecular complexity index is 547. The number of carbonyl (C=O) groups is 2. The highest BCUT2D eigenvalue weighted by molar-refractivity contribution is 7.55. The van der Waals surface area contributed by atoms with Crippen LogP contribution in [0.1, 0.15) is 33.6 Å². The van der Waals surface area contributed by atoms with Crippen molar-refractivity contribution in [3.05, 3.63) is 0 Å². The highest BCUT2D eigenvalue weighted by Crippen LogP contribution is 2.67. The van der Waals surface area contributed by atoms with Crippen molar-refractivity contribution >= 4 is 19.9 Å². The van der Waals surface area contributed by atoms with Gasteiger partial charge in [0.2, 0.25) is 13.6 Å². The molecule has 0 aromatic heterocycles. The van der Waals surface area contributed by atoms with Crippen molar-refractivity contribution in [1.29, 1.82) is 0 Å². The molecule has 31 heavy (non-hydrogen) atoms. The third kappa shape index (κ3) is 11.1. The molecule has 184 valence electrons. The lowest BCUT2D eigenvalue weighted by Gasteiger charge is -2.34. The van der Waals surface area contributed by atoms with E-state index in [2.05, 4.69) is 28.0 Å². The molecule has 0 aliphatic carbocycles. The molecule has 0 aromatic rings. The van der Waals surface area contributed by atoms with Gasteiger partial charge in [-0.2, -0.15) is 8.78 Å². The molecule has 0 spiro atoms. The number of rotatable bonds is 15. The van der Waals surface area contributed by atoms with E-state index in [1.54, 1.807) is 0 Å². The fourth-order valence-corrected chi connectivity index (χ4v) is 3.30. The Kier molecular flexibility index (Phi) is 13.8. The SMILES string of the molecule is COCCCOC(=O)OCOP(=O)(OCOC(=O)OCCCOC)C(F)(F)C(C)(C)C. The van der Waals surface area contributed by atoms with E-state index >= 15 is 0 Å². The maximum absolute atomic E-state index is 14.7. The van der Waals surface area contributed by atoms with E-state index in [-0.39, 0.29) is 13.2 Å². The molecule has 0 rings (SSSR count). The number of hydrogen-bond acceptors (Lipinski definition) is 11. The molecule has 0 atom stereocenters. The van der Waals surface area contributed by atoms with E-state index in [1.807, 2.05) is 0 Å². The second-order valence-electron chi connectivity index (χ2n) is 6.96. The van der Waals surface area contributed by atoms with Gasteiger partial charge in [-0.05, 0) is 0 Å². The first-order valence-electron chi connectivity index (χ1n) is 9.25. The number of halogens is 2. The zero-order valence-corrected chi connectivity index (χ0v) is 19.2. The van der Waals surface area contributed by atoms with Crippen molar-refractivity contribution in [2.75, 3.05) is 54.2 Å². The van der Waals surface area contributed by atoms with Gasteiger partial charge in [0.25, 0.3) is 0 Å². The molecule has 0 aliphatic heterocycles. The van der Waals surface area contributed by atoms with Gasteiger partial charge in [0.05, 0.1) is 13.2 Å². The average molecular weight is 480 g/mol. The molecule has 0 aliphatic rings. The van der Waals surface area contributed by atoms with Gasteiger partial charge < -0.3 is 28.4 Å². The Balaban J connectivity index is 4.78. The first-order valence-corrected chi connectivity index (χ1v) is 10.8. The molecule has 14 heteroatoms. The fraction of sp³-hybridized carbons (Fsp3) is 0.882. The van der Waals surface area contributed by atoms with Gasteiger partial charge in [0, 0.05) is 45.7 Å². The molecule has 0 saturated heterocycles. The molecular weight excluding hydrogens is 449 g/mol. The number of methoxy groups -OCH3 is 2. The van der Waals surface area contributed by atoms with Crippen molar-refractivity contribution in [2.45, 2.75) is 39.3 Å². The minimum atomic E-state index is -5.27. The van der Waals surface area contributed by atoms with Gasteiger partial charge in [0.15, 0.2) is 0 Å². The summed E-state index contributed by atoms with van der Waals surface area (Å²) in [6, 6.07) is 0. The van der Waals surface area contributed by atoms with Crippen molar-refractivity contribution < 1.29 is 60.4 Å². The highest BCUT2D eigenvalue weighted by Gasteiger charge is 2.61. The summed E-state index contributed by atoms with van der Waals surface area (Å²) < 4.78 is 79.2. The van der Waals surface area contributed by atoms with Crippen LogP contribution in [0, 0.1) is 5.41 Å². The molecule has 0 amide bonds. The third-order valence-corrected chi connectivity index (χ3v) is 5.72. The summed E-state index contributed by atoms with van der Waals surface area (Å²) in [7, 11) is -2.34. The van der Waals surface area contributed by atoms with Crippen LogP contribution >= 0.6 is 7.60 Å². The quantitative estimate of drug-likeness (QED) is 0.145. The molecule has 0 bridgehead atoms. The largest absolute Gasteiger partial charge is 0.510 e. The van der Waals surface area contributed by atoms with E-state index in [0.717, 1.165) is 20.8 Å². The first-order chi connectivity index (χ1) is 14.4. The Morgan fingerprint density at radius 2 is 1.13 bits per heavy atom. The summed E-state index contributed by atoms with van der Waals surface area (Å²) in [5.74, 6) is 0. The average Bonchev–Trinajstić information content (AvgIpc) is 2.67. The summed E-state index contributed by atoms with van der Waals surface area (Å²) in [6.07, 6.45) is -1.68. The summed E-state index contributed by atoms with van der Waals surface area (Å²) in [5, 5.41) is 0. The lowest BCUT2D eigenvalue weighted by atomic mass is 9.97. The Morgan fingerprint density at radius 3 is 1.45 bits per heavy atom. The van der Waals surface area contributed by atoms with Crippen LogP contribution in [0.3, 0.4) is 0 Å². The zero-order chi connectivity index (χ0) is 24.0. The lowest BCUT2D eigenvalue weighted by molar-refractivity contribution is -0.0793. The first kappa shape index (κ1) is 29.5. The summed E-state index contributed by atoms with van der Waals surface area (Å²) >= 11 is 0. The van der Waals surface area contributed by atoms with Gasteiger partial charge in [-0.1, -0.05) is 20.8 Å². The minimum Gasteiger partial charge on any atom is -0.434 e. The van der Waals surface area contributed by atoms with Crippen LogP contribution in [-0.2, 0) is 42.0 Å². The molecule has 0 saturated carbocycles. The molecular formula is C17H31F2O11P. The van der Waals surface area contributed by atoms with Crippen LogP contribution in [-0.4, -0.2) is 72.2 Å². The second-order valence-corrected chi connectivity index (χ2v) is 9.03. The third-order valence-electron chi connectivity index (χ3n) is 3.47.